The van der Waals surface area contributed by atoms with E-state index < -0.39 is 6.04 Å². The van der Waals surface area contributed by atoms with Crippen LogP contribution < -0.4 is 16.5 Å². The maximum atomic E-state index is 12.7. The Hall–Kier alpha value is -0.680. The van der Waals surface area contributed by atoms with Crippen molar-refractivity contribution in [2.24, 2.45) is 5.73 Å². The normalized spacial score (nSPS) is 20.1. The standard InChI is InChI=1S/C17H30N4O4S2.ClH/c18-7-6-15(23)21-12-17(26-9-10-27-17)11-13(21)16(24)19-8-4-2-1-3-5-14(22)20-25;/h13,25H,1-12,18H2,(H,19,24)(H,20,22);1H/t13-;/m0./s1. The van der Waals surface area contributed by atoms with Crippen LogP contribution in [0.4, 0.5) is 0 Å². The zero-order valence-electron chi connectivity index (χ0n) is 16.0. The Bertz CT molecular complexity index is 535. The molecule has 8 nitrogen and oxygen atoms in total. The molecule has 0 aromatic rings. The van der Waals surface area contributed by atoms with Crippen LogP contribution in [0.15, 0.2) is 0 Å². The van der Waals surface area contributed by atoms with E-state index in [0.29, 0.717) is 38.9 Å². The minimum atomic E-state index is -0.407. The Kier molecular flexibility index (Phi) is 11.6. The third-order valence-electron chi connectivity index (χ3n) is 4.84. The molecule has 1 atom stereocenters. The average molecular weight is 455 g/mol. The summed E-state index contributed by atoms with van der Waals surface area (Å²) in [6.07, 6.45) is 4.57. The lowest BCUT2D eigenvalue weighted by molar-refractivity contribution is -0.138. The molecule has 0 bridgehead atoms. The largest absolute Gasteiger partial charge is 0.354 e. The molecular weight excluding hydrogens is 424 g/mol. The molecule has 0 aromatic heterocycles. The lowest BCUT2D eigenvalue weighted by Crippen LogP contribution is -2.46. The quantitative estimate of drug-likeness (QED) is 0.221. The van der Waals surface area contributed by atoms with Crippen LogP contribution in [0, 0.1) is 0 Å². The van der Waals surface area contributed by atoms with Gasteiger partial charge in [-0.15, -0.1) is 35.9 Å². The van der Waals surface area contributed by atoms with Gasteiger partial charge in [-0.1, -0.05) is 12.8 Å². The number of thioether (sulfide) groups is 2. The minimum absolute atomic E-state index is 0. The summed E-state index contributed by atoms with van der Waals surface area (Å²) in [5.41, 5.74) is 7.15. The van der Waals surface area contributed by atoms with Crippen molar-refractivity contribution >= 4 is 53.7 Å². The number of halogens is 1. The molecule has 11 heteroatoms. The van der Waals surface area contributed by atoms with Gasteiger partial charge < -0.3 is 16.0 Å². The molecule has 0 aliphatic carbocycles. The summed E-state index contributed by atoms with van der Waals surface area (Å²) in [6, 6.07) is -0.407. The highest BCUT2D eigenvalue weighted by Gasteiger charge is 2.50. The number of hydroxylamine groups is 1. The summed E-state index contributed by atoms with van der Waals surface area (Å²) in [5, 5.41) is 11.4. The predicted octanol–water partition coefficient (Wildman–Crippen LogP) is 1.11. The van der Waals surface area contributed by atoms with Gasteiger partial charge in [-0.2, -0.15) is 0 Å². The van der Waals surface area contributed by atoms with Crippen molar-refractivity contribution in [2.45, 2.75) is 55.1 Å². The molecule has 0 unspecified atom stereocenters. The molecule has 2 fully saturated rings. The summed E-state index contributed by atoms with van der Waals surface area (Å²) < 4.78 is -0.0421. The number of likely N-dealkylation sites (tertiary alicyclic amines) is 1. The van der Waals surface area contributed by atoms with Gasteiger partial charge in [-0.05, 0) is 12.8 Å². The van der Waals surface area contributed by atoms with Gasteiger partial charge in [0.2, 0.25) is 17.7 Å². The van der Waals surface area contributed by atoms with E-state index in [1.165, 1.54) is 0 Å². The number of nitrogens with two attached hydrogens (primary N) is 1. The molecule has 3 amide bonds. The minimum Gasteiger partial charge on any atom is -0.354 e. The first-order valence-corrected chi connectivity index (χ1v) is 11.5. The van der Waals surface area contributed by atoms with Gasteiger partial charge >= 0.3 is 0 Å². The van der Waals surface area contributed by atoms with Gasteiger partial charge in [0.1, 0.15) is 6.04 Å². The van der Waals surface area contributed by atoms with E-state index in [2.05, 4.69) is 5.32 Å². The molecule has 2 aliphatic heterocycles. The zero-order chi connectivity index (χ0) is 19.7. The van der Waals surface area contributed by atoms with Crippen LogP contribution in [0.3, 0.4) is 0 Å². The number of nitrogens with one attached hydrogen (secondary N) is 2. The highest BCUT2D eigenvalue weighted by Crippen LogP contribution is 2.51. The number of carbonyl (C=O) groups is 3. The summed E-state index contributed by atoms with van der Waals surface area (Å²) in [6.45, 7) is 1.48. The zero-order valence-corrected chi connectivity index (χ0v) is 18.4. The van der Waals surface area contributed by atoms with Gasteiger partial charge in [0.05, 0.1) is 4.08 Å². The SMILES string of the molecule is Cl.NCCC(=O)N1CC2(C[C@H]1C(=O)NCCCCCCC(=O)NO)SCCS2. The number of amides is 3. The van der Waals surface area contributed by atoms with Gasteiger partial charge in [0, 0.05) is 50.4 Å². The number of rotatable bonds is 10. The topological polar surface area (TPSA) is 125 Å². The molecule has 2 heterocycles. The van der Waals surface area contributed by atoms with Crippen molar-refractivity contribution in [1.82, 2.24) is 15.7 Å². The van der Waals surface area contributed by atoms with Crippen LogP contribution in [-0.2, 0) is 14.4 Å². The summed E-state index contributed by atoms with van der Waals surface area (Å²) in [4.78, 5) is 37.7. The molecule has 0 radical (unpaired) electrons. The number of nitrogens with zero attached hydrogens (tertiary/aromatic N) is 1. The molecule has 28 heavy (non-hydrogen) atoms. The number of carbonyl (C=O) groups excluding carboxylic acids is 3. The van der Waals surface area contributed by atoms with Gasteiger partial charge in [-0.25, -0.2) is 5.48 Å². The number of hydrogen-bond donors (Lipinski definition) is 4. The monoisotopic (exact) mass is 454 g/mol. The lowest BCUT2D eigenvalue weighted by atomic mass is 10.1. The molecule has 2 aliphatic rings. The third kappa shape index (κ3) is 7.29. The molecule has 2 rings (SSSR count). The fraction of sp³-hybridized carbons (Fsp3) is 0.824. The van der Waals surface area contributed by atoms with Crippen LogP contribution in [0.25, 0.3) is 0 Å². The number of hydrogen-bond acceptors (Lipinski definition) is 7. The number of unbranched alkanes of at least 4 members (excludes halogenated alkanes) is 3. The van der Waals surface area contributed by atoms with Crippen LogP contribution in [0.2, 0.25) is 0 Å². The fourth-order valence-electron chi connectivity index (χ4n) is 3.46. The van der Waals surface area contributed by atoms with Crippen LogP contribution >= 0.6 is 35.9 Å². The maximum Gasteiger partial charge on any atom is 0.243 e. The van der Waals surface area contributed by atoms with Gasteiger partial charge in [0.25, 0.3) is 0 Å². The van der Waals surface area contributed by atoms with E-state index in [0.717, 1.165) is 30.8 Å². The van der Waals surface area contributed by atoms with E-state index in [-0.39, 0.29) is 40.6 Å². The molecule has 2 saturated heterocycles. The van der Waals surface area contributed by atoms with E-state index in [9.17, 15) is 14.4 Å². The summed E-state index contributed by atoms with van der Waals surface area (Å²) in [5.74, 6) is 1.64. The van der Waals surface area contributed by atoms with E-state index in [4.69, 9.17) is 10.9 Å². The Morgan fingerprint density at radius 2 is 1.79 bits per heavy atom. The molecule has 162 valence electrons. The van der Waals surface area contributed by atoms with E-state index in [1.807, 2.05) is 23.5 Å². The lowest BCUT2D eigenvalue weighted by Gasteiger charge is -2.24. The molecule has 5 N–H and O–H groups in total. The predicted molar refractivity (Wildman–Crippen MR) is 115 cm³/mol. The highest BCUT2D eigenvalue weighted by molar-refractivity contribution is 8.21. The van der Waals surface area contributed by atoms with Crippen molar-refractivity contribution in [1.29, 1.82) is 0 Å². The second kappa shape index (κ2) is 12.8. The third-order valence-corrected chi connectivity index (χ3v) is 8.27. The molecule has 0 saturated carbocycles. The second-order valence-corrected chi connectivity index (χ2v) is 10.1. The smallest absolute Gasteiger partial charge is 0.243 e. The molecule has 1 spiro atoms. The van der Waals surface area contributed by atoms with E-state index >= 15 is 0 Å². The highest BCUT2D eigenvalue weighted by atomic mass is 35.5. The van der Waals surface area contributed by atoms with Crippen LogP contribution in [0.1, 0.15) is 44.9 Å². The Labute approximate surface area is 180 Å². The van der Waals surface area contributed by atoms with Crippen molar-refractivity contribution in [2.75, 3.05) is 31.1 Å². The average Bonchev–Trinajstić information content (AvgIpc) is 3.28. The molecule has 0 aromatic carbocycles. The fourth-order valence-corrected chi connectivity index (χ4v) is 6.71. The van der Waals surface area contributed by atoms with Crippen molar-refractivity contribution in [3.8, 4) is 0 Å². The first-order valence-electron chi connectivity index (χ1n) is 9.49. The Morgan fingerprint density at radius 1 is 1.11 bits per heavy atom. The molecular formula is C17H31ClN4O4S2. The van der Waals surface area contributed by atoms with Gasteiger partial charge in [-0.3, -0.25) is 19.6 Å². The summed E-state index contributed by atoms with van der Waals surface area (Å²) >= 11 is 3.72. The Balaban J connectivity index is 0.00000392. The van der Waals surface area contributed by atoms with Crippen LogP contribution in [-0.4, -0.2) is 69.1 Å². The first-order chi connectivity index (χ1) is 13.0. The first kappa shape index (κ1) is 25.4. The van der Waals surface area contributed by atoms with Crippen molar-refractivity contribution in [3.05, 3.63) is 0 Å². The van der Waals surface area contributed by atoms with Crippen LogP contribution in [0.5, 0.6) is 0 Å². The van der Waals surface area contributed by atoms with Crippen molar-refractivity contribution in [3.63, 3.8) is 0 Å². The maximum absolute atomic E-state index is 12.7. The second-order valence-electron chi connectivity index (χ2n) is 6.88. The van der Waals surface area contributed by atoms with E-state index in [1.54, 1.807) is 10.4 Å². The van der Waals surface area contributed by atoms with Crippen molar-refractivity contribution < 1.29 is 19.6 Å². The Morgan fingerprint density at radius 3 is 2.43 bits per heavy atom. The van der Waals surface area contributed by atoms with Gasteiger partial charge in [0.15, 0.2) is 0 Å². The summed E-state index contributed by atoms with van der Waals surface area (Å²) in [7, 11) is 0.